The smallest absolute Gasteiger partial charge is 0.221 e. The maximum absolute atomic E-state index is 10.9. The third-order valence-corrected chi connectivity index (χ3v) is 2.50. The topological polar surface area (TPSA) is 47.6 Å². The monoisotopic (exact) mass is 211 g/mol. The number of carbonyl (C=O) groups is 1. The number of hydrogen-bond acceptors (Lipinski definition) is 3. The summed E-state index contributed by atoms with van der Waals surface area (Å²) in [5.74, 6) is -0.0956. The van der Waals surface area contributed by atoms with Gasteiger partial charge in [0.2, 0.25) is 5.91 Å². The van der Waals surface area contributed by atoms with Crippen LogP contribution in [0.4, 0.5) is 0 Å². The van der Waals surface area contributed by atoms with Gasteiger partial charge in [-0.2, -0.15) is 0 Å². The zero-order valence-electron chi connectivity index (χ0n) is 9.53. The van der Waals surface area contributed by atoms with Crippen LogP contribution in [0.25, 0.3) is 0 Å². The van der Waals surface area contributed by atoms with E-state index in [0.29, 0.717) is 0 Å². The quantitative estimate of drug-likeness (QED) is 0.757. The second kappa shape index (κ2) is 4.59. The summed E-state index contributed by atoms with van der Waals surface area (Å²) in [5.41, 5.74) is 0.264. The lowest BCUT2D eigenvalue weighted by Gasteiger charge is -2.33. The van der Waals surface area contributed by atoms with Crippen molar-refractivity contribution in [2.75, 3.05) is 14.2 Å². The van der Waals surface area contributed by atoms with E-state index < -0.39 is 5.60 Å². The number of amides is 1. The van der Waals surface area contributed by atoms with Crippen molar-refractivity contribution in [3.8, 4) is 0 Å². The minimum atomic E-state index is -0.475. The molecule has 1 aliphatic carbocycles. The fourth-order valence-corrected chi connectivity index (χ4v) is 1.51. The Morgan fingerprint density at radius 3 is 2.67 bits per heavy atom. The first-order valence-electron chi connectivity index (χ1n) is 4.78. The van der Waals surface area contributed by atoms with Crippen molar-refractivity contribution in [2.24, 2.45) is 0 Å². The zero-order chi connectivity index (χ0) is 11.5. The highest BCUT2D eigenvalue weighted by atomic mass is 16.5. The van der Waals surface area contributed by atoms with Crippen LogP contribution in [0.1, 0.15) is 13.8 Å². The number of methoxy groups -OCH3 is 2. The molecule has 0 radical (unpaired) electrons. The molecule has 2 atom stereocenters. The fourth-order valence-electron chi connectivity index (χ4n) is 1.51. The van der Waals surface area contributed by atoms with Gasteiger partial charge in [-0.3, -0.25) is 4.79 Å². The molecule has 84 valence electrons. The number of carbonyl (C=O) groups excluding carboxylic acids is 1. The Morgan fingerprint density at radius 1 is 1.53 bits per heavy atom. The molecule has 0 saturated heterocycles. The van der Waals surface area contributed by atoms with Gasteiger partial charge in [-0.1, -0.05) is 0 Å². The van der Waals surface area contributed by atoms with E-state index >= 15 is 0 Å². The molecule has 0 aliphatic heterocycles. The Bertz CT molecular complexity index is 309. The van der Waals surface area contributed by atoms with Crippen molar-refractivity contribution in [1.29, 1.82) is 0 Å². The third-order valence-electron chi connectivity index (χ3n) is 2.50. The minimum Gasteiger partial charge on any atom is -0.374 e. The minimum absolute atomic E-state index is 0.0956. The van der Waals surface area contributed by atoms with Crippen LogP contribution in [0, 0.1) is 0 Å². The average Bonchev–Trinajstić information content (AvgIpc) is 2.20. The molecule has 1 aliphatic rings. The van der Waals surface area contributed by atoms with E-state index in [1.54, 1.807) is 14.2 Å². The Labute approximate surface area is 89.9 Å². The van der Waals surface area contributed by atoms with Crippen LogP contribution in [0.15, 0.2) is 23.9 Å². The SMILES string of the molecule is CO[C@H]1C=C(NC(C)=O)C=C[C@@]1(C)OC. The molecule has 0 aromatic rings. The highest BCUT2D eigenvalue weighted by Crippen LogP contribution is 2.25. The van der Waals surface area contributed by atoms with Crippen LogP contribution >= 0.6 is 0 Å². The van der Waals surface area contributed by atoms with E-state index in [0.717, 1.165) is 5.70 Å². The highest BCUT2D eigenvalue weighted by molar-refractivity contribution is 5.75. The summed E-state index contributed by atoms with van der Waals surface area (Å²) in [6, 6.07) is 0. The van der Waals surface area contributed by atoms with Crippen molar-refractivity contribution in [3.05, 3.63) is 23.9 Å². The average molecular weight is 211 g/mol. The van der Waals surface area contributed by atoms with E-state index in [4.69, 9.17) is 9.47 Å². The van der Waals surface area contributed by atoms with Gasteiger partial charge >= 0.3 is 0 Å². The zero-order valence-corrected chi connectivity index (χ0v) is 9.53. The molecule has 1 amide bonds. The molecule has 0 aromatic carbocycles. The van der Waals surface area contributed by atoms with E-state index in [2.05, 4.69) is 5.32 Å². The fraction of sp³-hybridized carbons (Fsp3) is 0.545. The first-order valence-corrected chi connectivity index (χ1v) is 4.78. The van der Waals surface area contributed by atoms with E-state index in [1.165, 1.54) is 6.92 Å². The van der Waals surface area contributed by atoms with Crippen LogP contribution in [0.2, 0.25) is 0 Å². The second-order valence-electron chi connectivity index (χ2n) is 3.68. The second-order valence-corrected chi connectivity index (χ2v) is 3.68. The molecule has 0 fully saturated rings. The van der Waals surface area contributed by atoms with Gasteiger partial charge in [0.05, 0.1) is 0 Å². The van der Waals surface area contributed by atoms with Gasteiger partial charge in [-0.25, -0.2) is 0 Å². The van der Waals surface area contributed by atoms with Crippen molar-refractivity contribution in [1.82, 2.24) is 5.32 Å². The number of rotatable bonds is 3. The summed E-state index contributed by atoms with van der Waals surface area (Å²) in [7, 11) is 3.25. The molecule has 0 spiro atoms. The van der Waals surface area contributed by atoms with Gasteiger partial charge in [0, 0.05) is 26.8 Å². The summed E-state index contributed by atoms with van der Waals surface area (Å²) < 4.78 is 10.7. The third kappa shape index (κ3) is 2.67. The van der Waals surface area contributed by atoms with Gasteiger partial charge in [0.1, 0.15) is 11.7 Å². The lowest BCUT2D eigenvalue weighted by molar-refractivity contribution is -0.118. The normalized spacial score (nSPS) is 29.9. The van der Waals surface area contributed by atoms with Crippen molar-refractivity contribution in [3.63, 3.8) is 0 Å². The molecule has 1 N–H and O–H groups in total. The van der Waals surface area contributed by atoms with Crippen LogP contribution in [0.3, 0.4) is 0 Å². The molecule has 0 saturated carbocycles. The number of ether oxygens (including phenoxy) is 2. The van der Waals surface area contributed by atoms with Crippen molar-refractivity contribution in [2.45, 2.75) is 25.6 Å². The summed E-state index contributed by atoms with van der Waals surface area (Å²) in [6.07, 6.45) is 5.34. The van der Waals surface area contributed by atoms with Gasteiger partial charge in [0.25, 0.3) is 0 Å². The van der Waals surface area contributed by atoms with E-state index in [9.17, 15) is 4.79 Å². The molecule has 1 rings (SSSR count). The van der Waals surface area contributed by atoms with Crippen LogP contribution < -0.4 is 5.32 Å². The molecule has 0 unspecified atom stereocenters. The Hall–Kier alpha value is -1.13. The van der Waals surface area contributed by atoms with E-state index in [1.807, 2.05) is 25.2 Å². The molecule has 0 aromatic heterocycles. The first kappa shape index (κ1) is 11.9. The van der Waals surface area contributed by atoms with Gasteiger partial charge in [-0.05, 0) is 25.2 Å². The molecule has 4 heteroatoms. The van der Waals surface area contributed by atoms with Crippen molar-refractivity contribution >= 4 is 5.91 Å². The Balaban J connectivity index is 2.83. The summed E-state index contributed by atoms with van der Waals surface area (Å²) in [5, 5.41) is 2.71. The molecular formula is C11H17NO3. The highest BCUT2D eigenvalue weighted by Gasteiger charge is 2.33. The predicted molar refractivity (Wildman–Crippen MR) is 57.3 cm³/mol. The summed E-state index contributed by atoms with van der Waals surface area (Å²) in [6.45, 7) is 3.40. The molecule has 4 nitrogen and oxygen atoms in total. The van der Waals surface area contributed by atoms with Crippen LogP contribution in [0.5, 0.6) is 0 Å². The Kier molecular flexibility index (Phi) is 3.66. The lowest BCUT2D eigenvalue weighted by Crippen LogP contribution is -2.42. The van der Waals surface area contributed by atoms with Crippen LogP contribution in [-0.4, -0.2) is 31.8 Å². The molecular weight excluding hydrogens is 194 g/mol. The summed E-state index contributed by atoms with van der Waals surface area (Å²) >= 11 is 0. The largest absolute Gasteiger partial charge is 0.374 e. The number of nitrogens with one attached hydrogen (secondary N) is 1. The maximum Gasteiger partial charge on any atom is 0.221 e. The van der Waals surface area contributed by atoms with Crippen LogP contribution in [-0.2, 0) is 14.3 Å². The van der Waals surface area contributed by atoms with E-state index in [-0.39, 0.29) is 12.0 Å². The maximum atomic E-state index is 10.9. The predicted octanol–water partition coefficient (Wildman–Crippen LogP) is 0.996. The van der Waals surface area contributed by atoms with Gasteiger partial charge in [-0.15, -0.1) is 0 Å². The number of hydrogen-bond donors (Lipinski definition) is 1. The van der Waals surface area contributed by atoms with Crippen molar-refractivity contribution < 1.29 is 14.3 Å². The van der Waals surface area contributed by atoms with Gasteiger partial charge < -0.3 is 14.8 Å². The first-order chi connectivity index (χ1) is 7.01. The molecule has 0 bridgehead atoms. The Morgan fingerprint density at radius 2 is 2.20 bits per heavy atom. The van der Waals surface area contributed by atoms with Gasteiger partial charge in [0.15, 0.2) is 0 Å². The summed E-state index contributed by atoms with van der Waals surface area (Å²) in [4.78, 5) is 10.9. The lowest BCUT2D eigenvalue weighted by atomic mass is 9.92. The molecule has 0 heterocycles. The molecule has 15 heavy (non-hydrogen) atoms. The standard InChI is InChI=1S/C11H17NO3/c1-8(13)12-9-5-6-11(2,15-4)10(7-9)14-3/h5-7,10H,1-4H3,(H,12,13)/t10-,11+/m0/s1. The number of allylic oxidation sites excluding steroid dienone is 1.